The van der Waals surface area contributed by atoms with Crippen LogP contribution < -0.4 is 0 Å². The summed E-state index contributed by atoms with van der Waals surface area (Å²) in [6.07, 6.45) is 1.98. The van der Waals surface area contributed by atoms with E-state index in [0.29, 0.717) is 16.5 Å². The Balaban J connectivity index is 2.59. The average Bonchev–Trinajstić information content (AvgIpc) is 2.59. The number of hydrogen-bond acceptors (Lipinski definition) is 3. The molecule has 0 aliphatic heterocycles. The van der Waals surface area contributed by atoms with Gasteiger partial charge < -0.3 is 9.52 Å². The van der Waals surface area contributed by atoms with Crippen molar-refractivity contribution in [2.24, 2.45) is 0 Å². The molecule has 1 N–H and O–H groups in total. The summed E-state index contributed by atoms with van der Waals surface area (Å²) in [7, 11) is 0. The largest absolute Gasteiger partial charge is 0.478 e. The predicted molar refractivity (Wildman–Crippen MR) is 60.4 cm³/mol. The van der Waals surface area contributed by atoms with E-state index >= 15 is 0 Å². The monoisotopic (exact) mass is 222 g/mol. The van der Waals surface area contributed by atoms with Gasteiger partial charge in [-0.05, 0) is 24.5 Å². The minimum Gasteiger partial charge on any atom is -0.478 e. The lowest BCUT2D eigenvalue weighted by atomic mass is 10.1. The van der Waals surface area contributed by atoms with Crippen LogP contribution in [0.5, 0.6) is 0 Å². The van der Waals surface area contributed by atoms with Crippen molar-refractivity contribution in [2.75, 3.05) is 6.26 Å². The number of aromatic carboxylic acids is 1. The Bertz CT molecular complexity index is 502. The van der Waals surface area contributed by atoms with Crippen LogP contribution in [0.25, 0.3) is 11.0 Å². The van der Waals surface area contributed by atoms with Gasteiger partial charge in [-0.25, -0.2) is 4.79 Å². The molecule has 0 radical (unpaired) electrons. The second-order valence-corrected chi connectivity index (χ2v) is 4.03. The maximum absolute atomic E-state index is 10.9. The molecule has 0 saturated carbocycles. The smallest absolute Gasteiger partial charge is 0.336 e. The van der Waals surface area contributed by atoms with Gasteiger partial charge in [0.2, 0.25) is 0 Å². The lowest BCUT2D eigenvalue weighted by Gasteiger charge is -1.93. The second-order valence-electron chi connectivity index (χ2n) is 3.17. The van der Waals surface area contributed by atoms with Gasteiger partial charge in [-0.3, -0.25) is 0 Å². The van der Waals surface area contributed by atoms with E-state index in [9.17, 15) is 4.79 Å². The van der Waals surface area contributed by atoms with E-state index in [1.165, 1.54) is 0 Å². The number of furan rings is 1. The summed E-state index contributed by atoms with van der Waals surface area (Å²) in [5.74, 6) is 0.650. The maximum atomic E-state index is 10.9. The molecule has 2 rings (SSSR count). The summed E-state index contributed by atoms with van der Waals surface area (Å²) in [6, 6.07) is 6.86. The standard InChI is InChI=1S/C11H10O3S/c1-15-6-7-5-9-8(11(12)13)3-2-4-10(9)14-7/h2-5H,6H2,1H3,(H,12,13). The van der Waals surface area contributed by atoms with Crippen LogP contribution >= 0.6 is 11.8 Å². The van der Waals surface area contributed by atoms with E-state index in [1.54, 1.807) is 36.0 Å². The molecular weight excluding hydrogens is 212 g/mol. The highest BCUT2D eigenvalue weighted by Crippen LogP contribution is 2.25. The Morgan fingerprint density at radius 3 is 3.00 bits per heavy atom. The zero-order valence-corrected chi connectivity index (χ0v) is 9.00. The third-order valence-electron chi connectivity index (χ3n) is 2.13. The van der Waals surface area contributed by atoms with E-state index < -0.39 is 5.97 Å². The number of rotatable bonds is 3. The summed E-state index contributed by atoms with van der Waals surface area (Å²) in [6.45, 7) is 0. The molecule has 3 nitrogen and oxygen atoms in total. The van der Waals surface area contributed by atoms with Crippen LogP contribution in [-0.2, 0) is 5.75 Å². The molecule has 0 spiro atoms. The van der Waals surface area contributed by atoms with Gasteiger partial charge in [-0.1, -0.05) is 6.07 Å². The van der Waals surface area contributed by atoms with E-state index in [2.05, 4.69) is 0 Å². The third kappa shape index (κ3) is 1.85. The minimum atomic E-state index is -0.919. The van der Waals surface area contributed by atoms with Crippen molar-refractivity contribution in [1.29, 1.82) is 0 Å². The van der Waals surface area contributed by atoms with Gasteiger partial charge in [0, 0.05) is 5.39 Å². The number of carboxylic acids is 1. The van der Waals surface area contributed by atoms with Crippen molar-refractivity contribution < 1.29 is 14.3 Å². The SMILES string of the molecule is CSCc1cc2c(C(=O)O)cccc2o1. The molecule has 0 unspecified atom stereocenters. The number of carboxylic acid groups (broad SMARTS) is 1. The first-order valence-electron chi connectivity index (χ1n) is 4.46. The molecule has 1 heterocycles. The summed E-state index contributed by atoms with van der Waals surface area (Å²) in [5, 5.41) is 9.65. The normalized spacial score (nSPS) is 10.7. The van der Waals surface area contributed by atoms with Gasteiger partial charge in [-0.15, -0.1) is 0 Å². The molecule has 0 fully saturated rings. The van der Waals surface area contributed by atoms with Crippen LogP contribution in [0.15, 0.2) is 28.7 Å². The van der Waals surface area contributed by atoms with Gasteiger partial charge in [0.1, 0.15) is 11.3 Å². The Kier molecular flexibility index (Phi) is 2.68. The second kappa shape index (κ2) is 3.98. The molecule has 0 aliphatic carbocycles. The Morgan fingerprint density at radius 1 is 1.53 bits per heavy atom. The lowest BCUT2D eigenvalue weighted by molar-refractivity contribution is 0.0699. The fourth-order valence-electron chi connectivity index (χ4n) is 1.51. The highest BCUT2D eigenvalue weighted by molar-refractivity contribution is 7.97. The Labute approximate surface area is 91.1 Å². The first-order chi connectivity index (χ1) is 7.22. The summed E-state index contributed by atoms with van der Waals surface area (Å²) in [4.78, 5) is 10.9. The number of thioether (sulfide) groups is 1. The number of benzene rings is 1. The first kappa shape index (κ1) is 10.1. The third-order valence-corrected chi connectivity index (χ3v) is 2.70. The van der Waals surface area contributed by atoms with Crippen LogP contribution in [0.3, 0.4) is 0 Å². The van der Waals surface area contributed by atoms with Crippen molar-refractivity contribution in [3.63, 3.8) is 0 Å². The van der Waals surface area contributed by atoms with E-state index in [0.717, 1.165) is 11.5 Å². The molecule has 0 amide bonds. The molecule has 0 saturated heterocycles. The molecule has 1 aromatic heterocycles. The van der Waals surface area contributed by atoms with E-state index in [4.69, 9.17) is 9.52 Å². The molecule has 0 atom stereocenters. The maximum Gasteiger partial charge on any atom is 0.336 e. The minimum absolute atomic E-state index is 0.295. The summed E-state index contributed by atoms with van der Waals surface area (Å²) in [5.41, 5.74) is 0.933. The van der Waals surface area contributed by atoms with E-state index in [1.807, 2.05) is 6.26 Å². The van der Waals surface area contributed by atoms with Gasteiger partial charge >= 0.3 is 5.97 Å². The van der Waals surface area contributed by atoms with Gasteiger partial charge in [0.05, 0.1) is 11.3 Å². The molecule has 0 aliphatic rings. The predicted octanol–water partition coefficient (Wildman–Crippen LogP) is 2.99. The Morgan fingerprint density at radius 2 is 2.33 bits per heavy atom. The summed E-state index contributed by atoms with van der Waals surface area (Å²) < 4.78 is 5.52. The molecule has 78 valence electrons. The lowest BCUT2D eigenvalue weighted by Crippen LogP contribution is -1.95. The molecular formula is C11H10O3S. The van der Waals surface area contributed by atoms with Gasteiger partial charge in [0.15, 0.2) is 0 Å². The quantitative estimate of drug-likeness (QED) is 0.867. The zero-order valence-electron chi connectivity index (χ0n) is 8.19. The van der Waals surface area contributed by atoms with Gasteiger partial charge in [0.25, 0.3) is 0 Å². The molecule has 4 heteroatoms. The Hall–Kier alpha value is -1.42. The highest BCUT2D eigenvalue weighted by atomic mass is 32.2. The van der Waals surface area contributed by atoms with Crippen LogP contribution in [0.2, 0.25) is 0 Å². The molecule has 2 aromatic rings. The molecule has 0 bridgehead atoms. The van der Waals surface area contributed by atoms with Crippen LogP contribution in [-0.4, -0.2) is 17.3 Å². The fourth-order valence-corrected chi connectivity index (χ4v) is 1.94. The van der Waals surface area contributed by atoms with Crippen molar-refractivity contribution in [2.45, 2.75) is 5.75 Å². The van der Waals surface area contributed by atoms with Crippen LogP contribution in [0, 0.1) is 0 Å². The van der Waals surface area contributed by atoms with Crippen molar-refractivity contribution in [3.8, 4) is 0 Å². The fraction of sp³-hybridized carbons (Fsp3) is 0.182. The topological polar surface area (TPSA) is 50.4 Å². The number of hydrogen-bond donors (Lipinski definition) is 1. The van der Waals surface area contributed by atoms with Crippen LogP contribution in [0.4, 0.5) is 0 Å². The molecule has 15 heavy (non-hydrogen) atoms. The van der Waals surface area contributed by atoms with Gasteiger partial charge in [-0.2, -0.15) is 11.8 Å². The summed E-state index contributed by atoms with van der Waals surface area (Å²) >= 11 is 1.64. The first-order valence-corrected chi connectivity index (χ1v) is 5.85. The number of fused-ring (bicyclic) bond motifs is 1. The van der Waals surface area contributed by atoms with Crippen molar-refractivity contribution in [3.05, 3.63) is 35.6 Å². The van der Waals surface area contributed by atoms with Crippen molar-refractivity contribution in [1.82, 2.24) is 0 Å². The zero-order chi connectivity index (χ0) is 10.8. The van der Waals surface area contributed by atoms with Crippen molar-refractivity contribution >= 4 is 28.7 Å². The number of carbonyl (C=O) groups is 1. The van der Waals surface area contributed by atoms with E-state index in [-0.39, 0.29) is 0 Å². The molecule has 1 aromatic carbocycles. The highest BCUT2D eigenvalue weighted by Gasteiger charge is 2.11. The average molecular weight is 222 g/mol. The van der Waals surface area contributed by atoms with Crippen LogP contribution in [0.1, 0.15) is 16.1 Å².